The Hall–Kier alpha value is -2.58. The number of rotatable bonds is 7. The molecule has 3 rings (SSSR count). The highest BCUT2D eigenvalue weighted by molar-refractivity contribution is 7.08. The van der Waals surface area contributed by atoms with Crippen molar-refractivity contribution in [3.63, 3.8) is 0 Å². The summed E-state index contributed by atoms with van der Waals surface area (Å²) in [7, 11) is 0. The fourth-order valence-electron chi connectivity index (χ4n) is 3.24. The van der Waals surface area contributed by atoms with Crippen molar-refractivity contribution in [2.75, 3.05) is 30.3 Å². The summed E-state index contributed by atoms with van der Waals surface area (Å²) in [6.07, 6.45) is -0.524. The predicted octanol–water partition coefficient (Wildman–Crippen LogP) is 3.67. The van der Waals surface area contributed by atoms with E-state index in [4.69, 9.17) is 4.74 Å². The molecular formula is C20H26N4O3S. The largest absolute Gasteiger partial charge is 0.479 e. The fourth-order valence-corrected chi connectivity index (χ4v) is 3.94. The second-order valence-electron chi connectivity index (χ2n) is 6.59. The molecule has 3 N–H and O–H groups in total. The summed E-state index contributed by atoms with van der Waals surface area (Å²) in [4.78, 5) is 26.5. The summed E-state index contributed by atoms with van der Waals surface area (Å²) in [6.45, 7) is 8.25. The number of hydrogen-bond acceptors (Lipinski definition) is 5. The Labute approximate surface area is 169 Å². The van der Waals surface area contributed by atoms with Crippen molar-refractivity contribution in [1.82, 2.24) is 10.2 Å². The van der Waals surface area contributed by atoms with Crippen LogP contribution in [0.4, 0.5) is 16.2 Å². The van der Waals surface area contributed by atoms with Crippen LogP contribution in [0.15, 0.2) is 35.0 Å². The number of carbonyl (C=O) groups is 2. The number of ether oxygens (including phenoxy) is 1. The van der Waals surface area contributed by atoms with Gasteiger partial charge in [-0.1, -0.05) is 13.8 Å². The number of nitrogens with zero attached hydrogens (tertiary/aromatic N) is 1. The lowest BCUT2D eigenvalue weighted by Crippen LogP contribution is -2.39. The molecule has 1 aliphatic heterocycles. The van der Waals surface area contributed by atoms with E-state index < -0.39 is 6.10 Å². The topological polar surface area (TPSA) is 82.7 Å². The Morgan fingerprint density at radius 1 is 1.32 bits per heavy atom. The Morgan fingerprint density at radius 3 is 2.79 bits per heavy atom. The molecule has 28 heavy (non-hydrogen) atoms. The number of thiophene rings is 1. The molecule has 8 heteroatoms. The molecule has 2 atom stereocenters. The summed E-state index contributed by atoms with van der Waals surface area (Å²) in [5.74, 6) is 0.393. The molecule has 3 amide bonds. The quantitative estimate of drug-likeness (QED) is 0.660. The summed E-state index contributed by atoms with van der Waals surface area (Å²) in [5.41, 5.74) is 2.35. The first-order valence-electron chi connectivity index (χ1n) is 9.44. The van der Waals surface area contributed by atoms with Gasteiger partial charge in [-0.05, 0) is 60.6 Å². The van der Waals surface area contributed by atoms with Gasteiger partial charge in [-0.2, -0.15) is 11.3 Å². The lowest BCUT2D eigenvalue weighted by atomic mass is 10.1. The smallest absolute Gasteiger partial charge is 0.319 e. The lowest BCUT2D eigenvalue weighted by Gasteiger charge is -2.29. The first kappa shape index (κ1) is 20.2. The van der Waals surface area contributed by atoms with Crippen molar-refractivity contribution in [2.24, 2.45) is 0 Å². The number of amides is 3. The van der Waals surface area contributed by atoms with Crippen LogP contribution in [0.1, 0.15) is 32.4 Å². The van der Waals surface area contributed by atoms with Crippen molar-refractivity contribution >= 4 is 34.6 Å². The second-order valence-corrected chi connectivity index (χ2v) is 7.37. The SMILES string of the molecule is CCN(CC)C(CNC(=O)Nc1ccc2c(c1)NC(=O)C(C)O2)c1ccsc1. The molecule has 1 aromatic carbocycles. The minimum Gasteiger partial charge on any atom is -0.479 e. The molecule has 2 heterocycles. The van der Waals surface area contributed by atoms with E-state index in [2.05, 4.69) is 51.5 Å². The van der Waals surface area contributed by atoms with E-state index in [0.29, 0.717) is 23.7 Å². The van der Waals surface area contributed by atoms with Crippen LogP contribution in [0.25, 0.3) is 0 Å². The van der Waals surface area contributed by atoms with Crippen molar-refractivity contribution in [3.05, 3.63) is 40.6 Å². The lowest BCUT2D eigenvalue weighted by molar-refractivity contribution is -0.122. The average Bonchev–Trinajstić information content (AvgIpc) is 3.20. The third kappa shape index (κ3) is 4.63. The number of anilines is 2. The van der Waals surface area contributed by atoms with E-state index in [1.165, 1.54) is 5.56 Å². The van der Waals surface area contributed by atoms with Gasteiger partial charge in [0.2, 0.25) is 0 Å². The maximum atomic E-state index is 12.4. The van der Waals surface area contributed by atoms with Crippen LogP contribution >= 0.6 is 11.3 Å². The maximum Gasteiger partial charge on any atom is 0.319 e. The fraction of sp³-hybridized carbons (Fsp3) is 0.400. The van der Waals surface area contributed by atoms with Crippen LogP contribution in [-0.4, -0.2) is 42.6 Å². The van der Waals surface area contributed by atoms with Gasteiger partial charge in [0.25, 0.3) is 5.91 Å². The zero-order chi connectivity index (χ0) is 20.1. The van der Waals surface area contributed by atoms with Gasteiger partial charge in [0, 0.05) is 12.2 Å². The third-order valence-corrected chi connectivity index (χ3v) is 5.51. The van der Waals surface area contributed by atoms with Crippen LogP contribution in [0.5, 0.6) is 5.75 Å². The van der Waals surface area contributed by atoms with E-state index >= 15 is 0 Å². The number of hydrogen-bond donors (Lipinski definition) is 3. The van der Waals surface area contributed by atoms with E-state index in [-0.39, 0.29) is 18.0 Å². The Bertz CT molecular complexity index is 821. The highest BCUT2D eigenvalue weighted by Gasteiger charge is 2.24. The summed E-state index contributed by atoms with van der Waals surface area (Å²) >= 11 is 1.66. The molecule has 0 aliphatic carbocycles. The van der Waals surface area contributed by atoms with Crippen LogP contribution in [0.3, 0.4) is 0 Å². The molecule has 1 aliphatic rings. The number of carbonyl (C=O) groups excluding carboxylic acids is 2. The first-order valence-corrected chi connectivity index (χ1v) is 10.4. The van der Waals surface area contributed by atoms with Gasteiger partial charge < -0.3 is 20.7 Å². The molecule has 1 aromatic heterocycles. The van der Waals surface area contributed by atoms with Crippen LogP contribution in [0.2, 0.25) is 0 Å². The van der Waals surface area contributed by atoms with Gasteiger partial charge in [0.15, 0.2) is 6.10 Å². The molecule has 0 bridgehead atoms. The van der Waals surface area contributed by atoms with Crippen LogP contribution in [0, 0.1) is 0 Å². The van der Waals surface area contributed by atoms with Crippen molar-refractivity contribution in [3.8, 4) is 5.75 Å². The molecule has 0 saturated heterocycles. The number of likely N-dealkylation sites (N-methyl/N-ethyl adjacent to an activating group) is 1. The zero-order valence-corrected chi connectivity index (χ0v) is 17.1. The van der Waals surface area contributed by atoms with Gasteiger partial charge in [-0.25, -0.2) is 4.79 Å². The average molecular weight is 403 g/mol. The van der Waals surface area contributed by atoms with Crippen LogP contribution < -0.4 is 20.7 Å². The van der Waals surface area contributed by atoms with Crippen molar-refractivity contribution in [1.29, 1.82) is 0 Å². The Kier molecular flexibility index (Phi) is 6.53. The van der Waals surface area contributed by atoms with E-state index in [0.717, 1.165) is 13.1 Å². The second kappa shape index (κ2) is 9.07. The van der Waals surface area contributed by atoms with Crippen molar-refractivity contribution in [2.45, 2.75) is 32.9 Å². The first-order chi connectivity index (χ1) is 13.5. The number of urea groups is 1. The normalized spacial score (nSPS) is 16.7. The summed E-state index contributed by atoms with van der Waals surface area (Å²) in [5, 5.41) is 12.7. The molecule has 0 saturated carbocycles. The molecule has 2 unspecified atom stereocenters. The number of benzene rings is 1. The summed E-state index contributed by atoms with van der Waals surface area (Å²) in [6, 6.07) is 7.13. The molecular weight excluding hydrogens is 376 g/mol. The Morgan fingerprint density at radius 2 is 2.11 bits per heavy atom. The third-order valence-electron chi connectivity index (χ3n) is 4.81. The highest BCUT2D eigenvalue weighted by Crippen LogP contribution is 2.32. The highest BCUT2D eigenvalue weighted by atomic mass is 32.1. The molecule has 0 fully saturated rings. The van der Waals surface area contributed by atoms with Crippen LogP contribution in [-0.2, 0) is 4.79 Å². The zero-order valence-electron chi connectivity index (χ0n) is 16.3. The van der Waals surface area contributed by atoms with E-state index in [1.807, 2.05) is 0 Å². The van der Waals surface area contributed by atoms with Gasteiger partial charge in [0.05, 0.1) is 11.7 Å². The number of nitrogens with one attached hydrogen (secondary N) is 3. The van der Waals surface area contributed by atoms with Gasteiger partial charge in [-0.3, -0.25) is 9.69 Å². The van der Waals surface area contributed by atoms with E-state index in [1.54, 1.807) is 36.5 Å². The minimum atomic E-state index is -0.524. The van der Waals surface area contributed by atoms with Gasteiger partial charge >= 0.3 is 6.03 Å². The minimum absolute atomic E-state index is 0.129. The van der Waals surface area contributed by atoms with Crippen molar-refractivity contribution < 1.29 is 14.3 Å². The maximum absolute atomic E-state index is 12.4. The number of fused-ring (bicyclic) bond motifs is 1. The molecule has 150 valence electrons. The van der Waals surface area contributed by atoms with Gasteiger partial charge in [-0.15, -0.1) is 0 Å². The standard InChI is InChI=1S/C20H26N4O3S/c1-4-24(5-2)17(14-8-9-28-12-14)11-21-20(26)22-15-6-7-18-16(10-15)23-19(25)13(3)27-18/h6-10,12-13,17H,4-5,11H2,1-3H3,(H,23,25)(H2,21,22,26). The Balaban J connectivity index is 1.62. The van der Waals surface area contributed by atoms with E-state index in [9.17, 15) is 9.59 Å². The monoisotopic (exact) mass is 402 g/mol. The molecule has 2 aromatic rings. The van der Waals surface area contributed by atoms with Gasteiger partial charge in [0.1, 0.15) is 5.75 Å². The molecule has 7 nitrogen and oxygen atoms in total. The summed E-state index contributed by atoms with van der Waals surface area (Å²) < 4.78 is 5.53. The molecule has 0 radical (unpaired) electrons. The predicted molar refractivity (Wildman–Crippen MR) is 112 cm³/mol. The molecule has 0 spiro atoms.